The van der Waals surface area contributed by atoms with E-state index < -0.39 is 0 Å². The minimum absolute atomic E-state index is 0.191. The van der Waals surface area contributed by atoms with Crippen molar-refractivity contribution in [3.05, 3.63) is 36.1 Å². The number of hydrogen-bond donors (Lipinski definition) is 1. The van der Waals surface area contributed by atoms with Crippen molar-refractivity contribution in [3.8, 4) is 0 Å². The molecule has 0 atom stereocenters. The van der Waals surface area contributed by atoms with Gasteiger partial charge in [0.15, 0.2) is 0 Å². The summed E-state index contributed by atoms with van der Waals surface area (Å²) in [5.41, 5.74) is 0.961. The minimum atomic E-state index is 0.191. The summed E-state index contributed by atoms with van der Waals surface area (Å²) in [6, 6.07) is 0. The number of aliphatic hydroxyl groups is 1. The summed E-state index contributed by atoms with van der Waals surface area (Å²) < 4.78 is 0. The molecule has 0 aromatic rings. The Bertz CT molecular complexity index is 197. The molecule has 0 unspecified atom stereocenters. The van der Waals surface area contributed by atoms with Crippen LogP contribution in [0.3, 0.4) is 0 Å². The van der Waals surface area contributed by atoms with Crippen molar-refractivity contribution < 1.29 is 5.11 Å². The van der Waals surface area contributed by atoms with Crippen LogP contribution in [0, 0.1) is 5.92 Å². The van der Waals surface area contributed by atoms with Gasteiger partial charge < -0.3 is 5.11 Å². The van der Waals surface area contributed by atoms with Crippen molar-refractivity contribution >= 4 is 0 Å². The van der Waals surface area contributed by atoms with Crippen LogP contribution in [0.2, 0.25) is 0 Å². The summed E-state index contributed by atoms with van der Waals surface area (Å²) in [7, 11) is 0. The van der Waals surface area contributed by atoms with E-state index in [9.17, 15) is 5.11 Å². The van der Waals surface area contributed by atoms with Crippen molar-refractivity contribution in [1.82, 2.24) is 0 Å². The second kappa shape index (κ2) is 5.64. The zero-order chi connectivity index (χ0) is 9.56. The van der Waals surface area contributed by atoms with Crippen LogP contribution < -0.4 is 0 Å². The molecular formula is C11H18O. The molecule has 1 nitrogen and oxygen atoms in total. The second-order valence-electron chi connectivity index (χ2n) is 3.06. The Kier molecular flexibility index (Phi) is 5.18. The van der Waals surface area contributed by atoms with Gasteiger partial charge in [0.25, 0.3) is 0 Å². The zero-order valence-electron chi connectivity index (χ0n) is 8.17. The van der Waals surface area contributed by atoms with Crippen LogP contribution in [0.5, 0.6) is 0 Å². The van der Waals surface area contributed by atoms with Crippen LogP contribution in [0.1, 0.15) is 27.2 Å². The normalized spacial score (nSPS) is 13.7. The monoisotopic (exact) mass is 166 g/mol. The molecule has 68 valence electrons. The van der Waals surface area contributed by atoms with Gasteiger partial charge >= 0.3 is 0 Å². The molecule has 0 heterocycles. The molecule has 12 heavy (non-hydrogen) atoms. The molecule has 0 amide bonds. The summed E-state index contributed by atoms with van der Waals surface area (Å²) in [6.07, 6.45) is 6.39. The van der Waals surface area contributed by atoms with Crippen LogP contribution in [-0.4, -0.2) is 5.11 Å². The first-order valence-corrected chi connectivity index (χ1v) is 4.29. The topological polar surface area (TPSA) is 20.2 Å². The predicted molar refractivity (Wildman–Crippen MR) is 54.1 cm³/mol. The van der Waals surface area contributed by atoms with Gasteiger partial charge in [-0.3, -0.25) is 0 Å². The van der Waals surface area contributed by atoms with Crippen LogP contribution in [0.4, 0.5) is 0 Å². The van der Waals surface area contributed by atoms with Gasteiger partial charge in [-0.25, -0.2) is 0 Å². The van der Waals surface area contributed by atoms with E-state index in [0.29, 0.717) is 5.76 Å². The summed E-state index contributed by atoms with van der Waals surface area (Å²) in [5, 5.41) is 9.63. The van der Waals surface area contributed by atoms with Gasteiger partial charge in [-0.15, -0.1) is 6.58 Å². The second-order valence-corrected chi connectivity index (χ2v) is 3.06. The lowest BCUT2D eigenvalue weighted by Gasteiger charge is -2.07. The first kappa shape index (κ1) is 11.0. The van der Waals surface area contributed by atoms with E-state index in [0.717, 1.165) is 12.0 Å². The Hall–Kier alpha value is -0.980. The van der Waals surface area contributed by atoms with Gasteiger partial charge in [0, 0.05) is 5.92 Å². The third-order valence-electron chi connectivity index (χ3n) is 1.61. The molecule has 1 N–H and O–H groups in total. The average Bonchev–Trinajstić information content (AvgIpc) is 2.03. The number of allylic oxidation sites excluding steroid dienone is 5. The molecule has 0 aromatic carbocycles. The highest BCUT2D eigenvalue weighted by atomic mass is 16.3. The van der Waals surface area contributed by atoms with Crippen molar-refractivity contribution in [1.29, 1.82) is 0 Å². The number of rotatable bonds is 4. The summed E-state index contributed by atoms with van der Waals surface area (Å²) >= 11 is 0. The van der Waals surface area contributed by atoms with Gasteiger partial charge in [0.2, 0.25) is 0 Å². The van der Waals surface area contributed by atoms with E-state index in [4.69, 9.17) is 0 Å². The summed E-state index contributed by atoms with van der Waals surface area (Å²) in [5.74, 6) is 0.657. The smallest absolute Gasteiger partial charge is 0.0982 e. The molecule has 0 saturated carbocycles. The molecule has 0 rings (SSSR count). The Labute approximate surface area is 75.1 Å². The quantitative estimate of drug-likeness (QED) is 0.384. The lowest BCUT2D eigenvalue weighted by molar-refractivity contribution is 0.345. The maximum Gasteiger partial charge on any atom is 0.0982 e. The molecule has 0 aliphatic heterocycles. The van der Waals surface area contributed by atoms with E-state index >= 15 is 0 Å². The van der Waals surface area contributed by atoms with Crippen molar-refractivity contribution in [2.75, 3.05) is 0 Å². The third-order valence-corrected chi connectivity index (χ3v) is 1.61. The maximum atomic E-state index is 9.63. The van der Waals surface area contributed by atoms with Crippen LogP contribution in [-0.2, 0) is 0 Å². The van der Waals surface area contributed by atoms with Gasteiger partial charge in [-0.1, -0.05) is 32.1 Å². The fourth-order valence-corrected chi connectivity index (χ4v) is 0.985. The SMILES string of the molecule is C=CCC(/C=C\C)=C(\O)C(C)C. The fourth-order valence-electron chi connectivity index (χ4n) is 0.985. The lowest BCUT2D eigenvalue weighted by Crippen LogP contribution is -1.96. The largest absolute Gasteiger partial charge is 0.512 e. The standard InChI is InChI=1S/C11H18O/c1-5-7-10(8-6-2)11(12)9(3)4/h5-6,8-9,12H,1,7H2,2-4H3/b8-6-,11-10+. The van der Waals surface area contributed by atoms with E-state index in [2.05, 4.69) is 6.58 Å². The van der Waals surface area contributed by atoms with Gasteiger partial charge in [-0.2, -0.15) is 0 Å². The molecule has 0 spiro atoms. The minimum Gasteiger partial charge on any atom is -0.512 e. The Morgan fingerprint density at radius 2 is 2.08 bits per heavy atom. The highest BCUT2D eigenvalue weighted by Crippen LogP contribution is 2.16. The highest BCUT2D eigenvalue weighted by Gasteiger charge is 2.04. The van der Waals surface area contributed by atoms with Gasteiger partial charge in [-0.05, 0) is 18.9 Å². The summed E-state index contributed by atoms with van der Waals surface area (Å²) in [4.78, 5) is 0. The first-order chi connectivity index (χ1) is 5.63. The number of hydrogen-bond acceptors (Lipinski definition) is 1. The fraction of sp³-hybridized carbons (Fsp3) is 0.455. The van der Waals surface area contributed by atoms with Crippen molar-refractivity contribution in [2.24, 2.45) is 5.92 Å². The first-order valence-electron chi connectivity index (χ1n) is 4.29. The van der Waals surface area contributed by atoms with Crippen LogP contribution in [0.15, 0.2) is 36.1 Å². The summed E-state index contributed by atoms with van der Waals surface area (Å²) in [6.45, 7) is 9.53. The van der Waals surface area contributed by atoms with E-state index in [1.165, 1.54) is 0 Å². The van der Waals surface area contributed by atoms with Gasteiger partial charge in [0.1, 0.15) is 0 Å². The maximum absolute atomic E-state index is 9.63. The van der Waals surface area contributed by atoms with E-state index in [-0.39, 0.29) is 5.92 Å². The highest BCUT2D eigenvalue weighted by molar-refractivity contribution is 5.24. The lowest BCUT2D eigenvalue weighted by atomic mass is 10.0. The molecule has 0 saturated heterocycles. The van der Waals surface area contributed by atoms with Crippen molar-refractivity contribution in [2.45, 2.75) is 27.2 Å². The molecule has 0 aliphatic rings. The molecule has 1 heteroatoms. The van der Waals surface area contributed by atoms with Crippen LogP contribution in [0.25, 0.3) is 0 Å². The Morgan fingerprint density at radius 3 is 2.42 bits per heavy atom. The van der Waals surface area contributed by atoms with Gasteiger partial charge in [0.05, 0.1) is 5.76 Å². The van der Waals surface area contributed by atoms with E-state index in [1.54, 1.807) is 6.08 Å². The molecule has 0 fully saturated rings. The number of aliphatic hydroxyl groups excluding tert-OH is 1. The Morgan fingerprint density at radius 1 is 1.50 bits per heavy atom. The third kappa shape index (κ3) is 3.42. The van der Waals surface area contributed by atoms with Crippen LogP contribution >= 0.6 is 0 Å². The van der Waals surface area contributed by atoms with E-state index in [1.807, 2.05) is 32.9 Å². The molecule has 0 radical (unpaired) electrons. The molecule has 0 aromatic heterocycles. The molecule has 0 aliphatic carbocycles. The average molecular weight is 166 g/mol. The Balaban J connectivity index is 4.65. The van der Waals surface area contributed by atoms with Crippen molar-refractivity contribution in [3.63, 3.8) is 0 Å². The molecule has 0 bridgehead atoms. The zero-order valence-corrected chi connectivity index (χ0v) is 8.17. The predicted octanol–water partition coefficient (Wildman–Crippen LogP) is 3.61. The molecular weight excluding hydrogens is 148 g/mol.